The van der Waals surface area contributed by atoms with Crippen LogP contribution < -0.4 is 10.7 Å². The summed E-state index contributed by atoms with van der Waals surface area (Å²) in [4.78, 5) is 33.9. The van der Waals surface area contributed by atoms with Crippen molar-refractivity contribution in [3.63, 3.8) is 0 Å². The predicted octanol–water partition coefficient (Wildman–Crippen LogP) is 3.10. The average molecular weight is 366 g/mol. The summed E-state index contributed by atoms with van der Waals surface area (Å²) in [5, 5.41) is 17.5. The van der Waals surface area contributed by atoms with E-state index in [4.69, 9.17) is 0 Å². The number of hydrazone groups is 1. The third kappa shape index (κ3) is 4.75. The van der Waals surface area contributed by atoms with Crippen LogP contribution in [-0.4, -0.2) is 22.4 Å². The average Bonchev–Trinajstić information content (AvgIpc) is 3.52. The SMILES string of the molecule is CC(=NNC(=O)c1ccc([N+](=O)[O-])cc1)c1ccc(NC(=O)C2CC2)cc1. The van der Waals surface area contributed by atoms with Gasteiger partial charge >= 0.3 is 0 Å². The maximum atomic E-state index is 12.1. The molecule has 2 N–H and O–H groups in total. The molecule has 27 heavy (non-hydrogen) atoms. The molecule has 1 saturated carbocycles. The van der Waals surface area contributed by atoms with E-state index >= 15 is 0 Å². The summed E-state index contributed by atoms with van der Waals surface area (Å²) >= 11 is 0. The van der Waals surface area contributed by atoms with Crippen molar-refractivity contribution in [1.29, 1.82) is 0 Å². The van der Waals surface area contributed by atoms with Crippen molar-refractivity contribution in [3.8, 4) is 0 Å². The van der Waals surface area contributed by atoms with Crippen LogP contribution in [0.3, 0.4) is 0 Å². The molecule has 3 rings (SSSR count). The number of carbonyl (C=O) groups excluding carboxylic acids is 2. The lowest BCUT2D eigenvalue weighted by Gasteiger charge is -2.06. The van der Waals surface area contributed by atoms with Gasteiger partial charge in [-0.2, -0.15) is 5.10 Å². The minimum atomic E-state index is -0.527. The third-order valence-electron chi connectivity index (χ3n) is 4.18. The summed E-state index contributed by atoms with van der Waals surface area (Å²) in [5.41, 5.74) is 4.72. The van der Waals surface area contributed by atoms with Crippen molar-refractivity contribution < 1.29 is 14.5 Å². The lowest BCUT2D eigenvalue weighted by atomic mass is 10.1. The van der Waals surface area contributed by atoms with Crippen LogP contribution in [0.4, 0.5) is 11.4 Å². The number of nitro groups is 1. The van der Waals surface area contributed by atoms with E-state index in [9.17, 15) is 19.7 Å². The standard InChI is InChI=1S/C19H18N4O4/c1-12(13-4-8-16(9-5-13)20-18(24)14-2-3-14)21-22-19(25)15-6-10-17(11-7-15)23(26)27/h4-11,14H,2-3H2,1H3,(H,20,24)(H,22,25). The molecule has 0 saturated heterocycles. The molecule has 0 aromatic heterocycles. The van der Waals surface area contributed by atoms with Gasteiger partial charge in [0.15, 0.2) is 0 Å². The number of nitro benzene ring substituents is 1. The van der Waals surface area contributed by atoms with Crippen LogP contribution in [0.1, 0.15) is 35.7 Å². The molecule has 0 atom stereocenters. The number of non-ortho nitro benzene ring substituents is 1. The van der Waals surface area contributed by atoms with E-state index in [1.54, 1.807) is 31.2 Å². The van der Waals surface area contributed by atoms with Crippen molar-refractivity contribution in [2.45, 2.75) is 19.8 Å². The molecule has 2 aromatic carbocycles. The van der Waals surface area contributed by atoms with Crippen molar-refractivity contribution in [2.24, 2.45) is 11.0 Å². The Kier molecular flexibility index (Phi) is 5.25. The molecule has 0 heterocycles. The van der Waals surface area contributed by atoms with Gasteiger partial charge in [0.05, 0.1) is 10.6 Å². The molecule has 0 unspecified atom stereocenters. The molecule has 0 spiro atoms. The first-order chi connectivity index (χ1) is 12.9. The summed E-state index contributed by atoms with van der Waals surface area (Å²) < 4.78 is 0. The summed E-state index contributed by atoms with van der Waals surface area (Å²) in [6.45, 7) is 1.74. The third-order valence-corrected chi connectivity index (χ3v) is 4.18. The van der Waals surface area contributed by atoms with E-state index in [0.29, 0.717) is 5.71 Å². The fourth-order valence-electron chi connectivity index (χ4n) is 2.38. The highest BCUT2D eigenvalue weighted by Gasteiger charge is 2.29. The summed E-state index contributed by atoms with van der Waals surface area (Å²) in [7, 11) is 0. The minimum absolute atomic E-state index is 0.0449. The highest BCUT2D eigenvalue weighted by atomic mass is 16.6. The fraction of sp³-hybridized carbons (Fsp3) is 0.211. The van der Waals surface area contributed by atoms with Crippen molar-refractivity contribution in [3.05, 3.63) is 69.8 Å². The number of hydrogen-bond acceptors (Lipinski definition) is 5. The molecule has 1 fully saturated rings. The van der Waals surface area contributed by atoms with E-state index in [2.05, 4.69) is 15.8 Å². The fourth-order valence-corrected chi connectivity index (χ4v) is 2.38. The second-order valence-electron chi connectivity index (χ2n) is 6.28. The quantitative estimate of drug-likeness (QED) is 0.464. The van der Waals surface area contributed by atoms with Gasteiger partial charge in [-0.25, -0.2) is 5.43 Å². The maximum Gasteiger partial charge on any atom is 0.271 e. The zero-order valence-electron chi connectivity index (χ0n) is 14.6. The highest BCUT2D eigenvalue weighted by molar-refractivity contribution is 6.01. The Morgan fingerprint density at radius 1 is 1.04 bits per heavy atom. The summed E-state index contributed by atoms with van der Waals surface area (Å²) in [6.07, 6.45) is 1.90. The van der Waals surface area contributed by atoms with Gasteiger partial charge in [-0.3, -0.25) is 19.7 Å². The first kappa shape index (κ1) is 18.2. The Morgan fingerprint density at radius 3 is 2.19 bits per heavy atom. The van der Waals surface area contributed by atoms with Gasteiger partial charge in [0.2, 0.25) is 5.91 Å². The first-order valence-electron chi connectivity index (χ1n) is 8.44. The Hall–Kier alpha value is -3.55. The second kappa shape index (κ2) is 7.77. The Bertz CT molecular complexity index is 900. The Morgan fingerprint density at radius 2 is 1.63 bits per heavy atom. The molecule has 2 amide bonds. The molecule has 0 aliphatic heterocycles. The zero-order chi connectivity index (χ0) is 19.4. The van der Waals surface area contributed by atoms with Crippen molar-refractivity contribution in [2.75, 3.05) is 5.32 Å². The summed E-state index contributed by atoms with van der Waals surface area (Å²) in [5.74, 6) is -0.274. The van der Waals surface area contributed by atoms with Crippen LogP contribution in [0.2, 0.25) is 0 Å². The molecule has 2 aromatic rings. The Balaban J connectivity index is 1.60. The highest BCUT2D eigenvalue weighted by Crippen LogP contribution is 2.30. The molecular formula is C19H18N4O4. The van der Waals surface area contributed by atoms with Gasteiger partial charge in [0, 0.05) is 29.3 Å². The number of rotatable bonds is 6. The smallest absolute Gasteiger partial charge is 0.271 e. The van der Waals surface area contributed by atoms with Gasteiger partial charge in [0.25, 0.3) is 11.6 Å². The van der Waals surface area contributed by atoms with Crippen LogP contribution in [-0.2, 0) is 4.79 Å². The number of amides is 2. The Labute approximate surface area is 155 Å². The predicted molar refractivity (Wildman–Crippen MR) is 101 cm³/mol. The molecule has 8 nitrogen and oxygen atoms in total. The monoisotopic (exact) mass is 366 g/mol. The van der Waals surface area contributed by atoms with Crippen LogP contribution >= 0.6 is 0 Å². The van der Waals surface area contributed by atoms with Crippen molar-refractivity contribution in [1.82, 2.24) is 5.43 Å². The molecule has 138 valence electrons. The number of carbonyl (C=O) groups is 2. The number of benzene rings is 2. The summed E-state index contributed by atoms with van der Waals surface area (Å²) in [6, 6.07) is 12.4. The molecule has 0 radical (unpaired) electrons. The van der Waals surface area contributed by atoms with E-state index in [0.717, 1.165) is 24.1 Å². The molecular weight excluding hydrogens is 348 g/mol. The van der Waals surface area contributed by atoms with E-state index in [1.165, 1.54) is 24.3 Å². The number of nitrogens with one attached hydrogen (secondary N) is 2. The largest absolute Gasteiger partial charge is 0.326 e. The number of hydrogen-bond donors (Lipinski definition) is 2. The number of nitrogens with zero attached hydrogens (tertiary/aromatic N) is 2. The lowest BCUT2D eigenvalue weighted by Crippen LogP contribution is -2.19. The van der Waals surface area contributed by atoms with Crippen LogP contribution in [0.25, 0.3) is 0 Å². The second-order valence-corrected chi connectivity index (χ2v) is 6.28. The molecule has 1 aliphatic carbocycles. The topological polar surface area (TPSA) is 114 Å². The zero-order valence-corrected chi connectivity index (χ0v) is 14.6. The van der Waals surface area contributed by atoms with Gasteiger partial charge < -0.3 is 5.32 Å². The minimum Gasteiger partial charge on any atom is -0.326 e. The van der Waals surface area contributed by atoms with Gasteiger partial charge in [-0.1, -0.05) is 12.1 Å². The maximum absolute atomic E-state index is 12.1. The van der Waals surface area contributed by atoms with Gasteiger partial charge in [-0.05, 0) is 49.6 Å². The van der Waals surface area contributed by atoms with Crippen LogP contribution in [0, 0.1) is 16.0 Å². The molecule has 1 aliphatic rings. The van der Waals surface area contributed by atoms with Gasteiger partial charge in [0.1, 0.15) is 0 Å². The molecule has 0 bridgehead atoms. The van der Waals surface area contributed by atoms with Gasteiger partial charge in [-0.15, -0.1) is 0 Å². The number of anilines is 1. The lowest BCUT2D eigenvalue weighted by molar-refractivity contribution is -0.384. The first-order valence-corrected chi connectivity index (χ1v) is 8.44. The van der Waals surface area contributed by atoms with E-state index < -0.39 is 10.8 Å². The van der Waals surface area contributed by atoms with E-state index in [1.807, 2.05) is 0 Å². The van der Waals surface area contributed by atoms with E-state index in [-0.39, 0.29) is 23.1 Å². The molecule has 8 heteroatoms. The van der Waals surface area contributed by atoms with Crippen molar-refractivity contribution >= 4 is 28.9 Å². The van der Waals surface area contributed by atoms with Crippen LogP contribution in [0.5, 0.6) is 0 Å². The normalized spacial score (nSPS) is 13.7. The van der Waals surface area contributed by atoms with Crippen LogP contribution in [0.15, 0.2) is 53.6 Å².